The number of H-pyrrole nitrogens is 1. The van der Waals surface area contributed by atoms with Gasteiger partial charge in [-0.15, -0.1) is 10.2 Å². The van der Waals surface area contributed by atoms with Gasteiger partial charge in [0, 0.05) is 41.3 Å². The first-order valence-corrected chi connectivity index (χ1v) is 12.7. The van der Waals surface area contributed by atoms with E-state index in [2.05, 4.69) is 15.2 Å². The van der Waals surface area contributed by atoms with Crippen molar-refractivity contribution in [3.63, 3.8) is 0 Å². The van der Waals surface area contributed by atoms with Gasteiger partial charge in [-0.1, -0.05) is 36.0 Å². The first kappa shape index (κ1) is 21.8. The van der Waals surface area contributed by atoms with Crippen molar-refractivity contribution in [2.24, 2.45) is 0 Å². The Morgan fingerprint density at radius 3 is 2.76 bits per heavy atom. The van der Waals surface area contributed by atoms with E-state index in [0.717, 1.165) is 22.7 Å². The molecule has 2 aromatic heterocycles. The average molecular weight is 485 g/mol. The molecule has 1 aliphatic heterocycles. The number of hydrogen-bond donors (Lipinski definition) is 1. The smallest absolute Gasteiger partial charge is 0.277 e. The zero-order valence-electron chi connectivity index (χ0n) is 17.4. The van der Waals surface area contributed by atoms with Gasteiger partial charge in [0.1, 0.15) is 0 Å². The Labute approximate surface area is 194 Å². The highest BCUT2D eigenvalue weighted by Gasteiger charge is 2.27. The van der Waals surface area contributed by atoms with Crippen molar-refractivity contribution in [3.8, 4) is 11.5 Å². The van der Waals surface area contributed by atoms with E-state index in [0.29, 0.717) is 37.4 Å². The maximum absolute atomic E-state index is 12.9. The molecule has 4 aromatic rings. The monoisotopic (exact) mass is 484 g/mol. The van der Waals surface area contributed by atoms with Crippen LogP contribution in [-0.2, 0) is 14.8 Å². The van der Waals surface area contributed by atoms with Crippen LogP contribution in [0.15, 0.2) is 69.3 Å². The molecule has 3 heterocycles. The maximum atomic E-state index is 12.9. The normalized spacial score (nSPS) is 15.2. The Hall–Kier alpha value is -2.99. The SMILES string of the molecule is O=C(CSc1nnc(-c2cccc(S(=O)(=O)N3CCOCC3)c2)o1)c1c[nH]c2ccccc12. The van der Waals surface area contributed by atoms with Gasteiger partial charge < -0.3 is 14.1 Å². The van der Waals surface area contributed by atoms with Crippen molar-refractivity contribution < 1.29 is 22.4 Å². The molecule has 0 bridgehead atoms. The molecule has 0 aliphatic carbocycles. The molecule has 0 atom stereocenters. The highest BCUT2D eigenvalue weighted by atomic mass is 32.2. The fraction of sp³-hybridized carbons (Fsp3) is 0.227. The number of thioether (sulfide) groups is 1. The Balaban J connectivity index is 1.30. The van der Waals surface area contributed by atoms with E-state index in [1.807, 2.05) is 24.3 Å². The summed E-state index contributed by atoms with van der Waals surface area (Å²) in [7, 11) is -3.64. The van der Waals surface area contributed by atoms with Crippen LogP contribution in [0.3, 0.4) is 0 Å². The van der Waals surface area contributed by atoms with Gasteiger partial charge in [0.25, 0.3) is 5.22 Å². The molecular weight excluding hydrogens is 464 g/mol. The molecule has 1 fully saturated rings. The molecule has 0 spiro atoms. The van der Waals surface area contributed by atoms with Crippen LogP contribution in [0.5, 0.6) is 0 Å². The standard InChI is InChI=1S/C22H20N4O5S2/c27-20(18-13-23-19-7-2-1-6-17(18)19)14-32-22-25-24-21(31-22)15-4-3-5-16(12-15)33(28,29)26-8-10-30-11-9-26/h1-7,12-13,23H,8-11,14H2. The number of morpholine rings is 1. The van der Waals surface area contributed by atoms with E-state index in [4.69, 9.17) is 9.15 Å². The number of sulfonamides is 1. The lowest BCUT2D eigenvalue weighted by Gasteiger charge is -2.26. The summed E-state index contributed by atoms with van der Waals surface area (Å²) in [5, 5.41) is 9.13. The molecule has 1 saturated heterocycles. The van der Waals surface area contributed by atoms with Gasteiger partial charge in [-0.05, 0) is 24.3 Å². The van der Waals surface area contributed by atoms with Gasteiger partial charge in [0.05, 0.1) is 23.9 Å². The number of carbonyl (C=O) groups is 1. The number of fused-ring (bicyclic) bond motifs is 1. The zero-order valence-corrected chi connectivity index (χ0v) is 19.1. The van der Waals surface area contributed by atoms with Gasteiger partial charge in [-0.3, -0.25) is 4.79 Å². The largest absolute Gasteiger partial charge is 0.411 e. The number of para-hydroxylation sites is 1. The number of nitrogens with one attached hydrogen (secondary N) is 1. The molecule has 33 heavy (non-hydrogen) atoms. The third kappa shape index (κ3) is 4.44. The average Bonchev–Trinajstić information content (AvgIpc) is 3.51. The molecule has 5 rings (SSSR count). The Morgan fingerprint density at radius 1 is 1.09 bits per heavy atom. The van der Waals surface area contributed by atoms with Crippen molar-refractivity contribution in [2.75, 3.05) is 32.1 Å². The van der Waals surface area contributed by atoms with Crippen LogP contribution in [0, 0.1) is 0 Å². The van der Waals surface area contributed by atoms with Gasteiger partial charge in [-0.25, -0.2) is 8.42 Å². The summed E-state index contributed by atoms with van der Waals surface area (Å²) >= 11 is 1.14. The van der Waals surface area contributed by atoms with Crippen LogP contribution in [-0.4, -0.2) is 65.7 Å². The Bertz CT molecular complexity index is 1410. The zero-order chi connectivity index (χ0) is 22.8. The number of aromatic nitrogens is 3. The third-order valence-electron chi connectivity index (χ3n) is 5.31. The summed E-state index contributed by atoms with van der Waals surface area (Å²) in [5.41, 5.74) is 2.00. The molecule has 1 aliphatic rings. The van der Waals surface area contributed by atoms with E-state index in [9.17, 15) is 13.2 Å². The minimum Gasteiger partial charge on any atom is -0.411 e. The fourth-order valence-corrected chi connectivity index (χ4v) is 5.72. The van der Waals surface area contributed by atoms with Crippen LogP contribution >= 0.6 is 11.8 Å². The van der Waals surface area contributed by atoms with Crippen molar-refractivity contribution in [1.29, 1.82) is 0 Å². The summed E-state index contributed by atoms with van der Waals surface area (Å²) in [6, 6.07) is 14.0. The van der Waals surface area contributed by atoms with Crippen LogP contribution in [0.1, 0.15) is 10.4 Å². The number of rotatable bonds is 7. The second kappa shape index (κ2) is 9.10. The predicted molar refractivity (Wildman–Crippen MR) is 123 cm³/mol. The number of benzene rings is 2. The molecule has 1 N–H and O–H groups in total. The van der Waals surface area contributed by atoms with Gasteiger partial charge in [0.2, 0.25) is 15.9 Å². The van der Waals surface area contributed by atoms with Crippen LogP contribution in [0.2, 0.25) is 0 Å². The Kier molecular flexibility index (Phi) is 6.02. The first-order chi connectivity index (χ1) is 16.0. The number of ether oxygens (including phenoxy) is 1. The van der Waals surface area contributed by atoms with Crippen LogP contribution < -0.4 is 0 Å². The van der Waals surface area contributed by atoms with E-state index >= 15 is 0 Å². The number of ketones is 1. The minimum atomic E-state index is -3.64. The second-order valence-corrected chi connectivity index (χ2v) is 10.2. The van der Waals surface area contributed by atoms with Crippen molar-refractivity contribution in [2.45, 2.75) is 10.1 Å². The third-order valence-corrected chi connectivity index (χ3v) is 8.02. The van der Waals surface area contributed by atoms with E-state index in [1.165, 1.54) is 10.4 Å². The highest BCUT2D eigenvalue weighted by Crippen LogP contribution is 2.27. The quantitative estimate of drug-likeness (QED) is 0.314. The van der Waals surface area contributed by atoms with E-state index in [-0.39, 0.29) is 27.5 Å². The molecule has 11 heteroatoms. The summed E-state index contributed by atoms with van der Waals surface area (Å²) < 4.78 is 38.2. The van der Waals surface area contributed by atoms with Crippen LogP contribution in [0.4, 0.5) is 0 Å². The maximum Gasteiger partial charge on any atom is 0.277 e. The van der Waals surface area contributed by atoms with E-state index in [1.54, 1.807) is 24.4 Å². The lowest BCUT2D eigenvalue weighted by atomic mass is 10.1. The molecule has 2 aromatic carbocycles. The molecule has 0 amide bonds. The number of carbonyl (C=O) groups excluding carboxylic acids is 1. The summed E-state index contributed by atoms with van der Waals surface area (Å²) in [4.78, 5) is 15.9. The number of aromatic amines is 1. The molecule has 0 unspecified atom stereocenters. The van der Waals surface area contributed by atoms with Crippen LogP contribution in [0.25, 0.3) is 22.4 Å². The molecule has 170 valence electrons. The van der Waals surface area contributed by atoms with Crippen molar-refractivity contribution >= 4 is 38.5 Å². The number of Topliss-reactive ketones (excluding diaryl/α,β-unsaturated/α-hetero) is 1. The summed E-state index contributed by atoms with van der Waals surface area (Å²) in [6.07, 6.45) is 1.70. The topological polar surface area (TPSA) is 118 Å². The first-order valence-electron chi connectivity index (χ1n) is 10.3. The second-order valence-electron chi connectivity index (χ2n) is 7.38. The highest BCUT2D eigenvalue weighted by molar-refractivity contribution is 7.99. The fourth-order valence-electron chi connectivity index (χ4n) is 3.62. The van der Waals surface area contributed by atoms with Crippen molar-refractivity contribution in [3.05, 3.63) is 60.3 Å². The molecule has 0 saturated carbocycles. The van der Waals surface area contributed by atoms with Gasteiger partial charge in [-0.2, -0.15) is 4.31 Å². The summed E-state index contributed by atoms with van der Waals surface area (Å²) in [5.74, 6) is 0.265. The van der Waals surface area contributed by atoms with E-state index < -0.39 is 10.0 Å². The lowest BCUT2D eigenvalue weighted by molar-refractivity contribution is 0.0730. The lowest BCUT2D eigenvalue weighted by Crippen LogP contribution is -2.40. The van der Waals surface area contributed by atoms with Gasteiger partial charge >= 0.3 is 0 Å². The molecule has 9 nitrogen and oxygen atoms in total. The number of nitrogens with zero attached hydrogens (tertiary/aromatic N) is 3. The minimum absolute atomic E-state index is 0.0594. The predicted octanol–water partition coefficient (Wildman–Crippen LogP) is 3.21. The van der Waals surface area contributed by atoms with Crippen molar-refractivity contribution in [1.82, 2.24) is 19.5 Å². The summed E-state index contributed by atoms with van der Waals surface area (Å²) in [6.45, 7) is 1.39. The molecule has 0 radical (unpaired) electrons. The number of hydrogen-bond acceptors (Lipinski definition) is 8. The molecular formula is C22H20N4O5S2. The Morgan fingerprint density at radius 2 is 1.91 bits per heavy atom. The van der Waals surface area contributed by atoms with Gasteiger partial charge in [0.15, 0.2) is 5.78 Å².